The summed E-state index contributed by atoms with van der Waals surface area (Å²) < 4.78 is 0. The van der Waals surface area contributed by atoms with Crippen LogP contribution in [0.15, 0.2) is 140 Å². The van der Waals surface area contributed by atoms with Crippen LogP contribution in [0, 0.1) is 6.07 Å². The molecule has 0 aromatic heterocycles. The molecule has 0 aliphatic carbocycles. The summed E-state index contributed by atoms with van der Waals surface area (Å²) in [6.07, 6.45) is 0. The molecule has 0 bridgehead atoms. The van der Waals surface area contributed by atoms with Crippen LogP contribution in [0.25, 0.3) is 97.0 Å². The van der Waals surface area contributed by atoms with Crippen LogP contribution in [0.5, 0.6) is 0 Å². The number of rotatable bonds is 0. The first kappa shape index (κ1) is 22.3. The molecule has 0 heterocycles. The third-order valence-electron chi connectivity index (χ3n) is 9.24. The van der Waals surface area contributed by atoms with Gasteiger partial charge in [-0.2, -0.15) is 0 Å². The van der Waals surface area contributed by atoms with Gasteiger partial charge in [-0.1, -0.05) is 36.4 Å². The van der Waals surface area contributed by atoms with Gasteiger partial charge < -0.3 is 0 Å². The van der Waals surface area contributed by atoms with Gasteiger partial charge in [0.1, 0.15) is 0 Å². The highest BCUT2D eigenvalue weighted by molar-refractivity contribution is 6.14. The fourth-order valence-corrected chi connectivity index (χ4v) is 7.08. The molecule has 0 aliphatic heterocycles. The van der Waals surface area contributed by atoms with Crippen LogP contribution in [0.4, 0.5) is 0 Å². The van der Waals surface area contributed by atoms with Gasteiger partial charge in [0.25, 0.3) is 0 Å². The second-order valence-electron chi connectivity index (χ2n) is 11.9. The summed E-state index contributed by atoms with van der Waals surface area (Å²) >= 11 is 0. The van der Waals surface area contributed by atoms with Crippen molar-refractivity contribution in [2.24, 2.45) is 0 Å². The molecule has 0 unspecified atom stereocenters. The zero-order chi connectivity index (χ0) is 27.4. The van der Waals surface area contributed by atoms with E-state index in [4.69, 9.17) is 0 Å². The maximum absolute atomic E-state index is 3.21. The molecule has 0 aliphatic rings. The van der Waals surface area contributed by atoms with E-state index in [2.05, 4.69) is 140 Å². The van der Waals surface area contributed by atoms with Crippen LogP contribution in [0.2, 0.25) is 0 Å². The average molecular weight is 528 g/mol. The van der Waals surface area contributed by atoms with Crippen molar-refractivity contribution < 1.29 is 0 Å². The first-order valence-electron chi connectivity index (χ1n) is 14.6. The Morgan fingerprint density at radius 1 is 0.238 bits per heavy atom. The Kier molecular flexibility index (Phi) is 4.27. The van der Waals surface area contributed by atoms with E-state index in [1.54, 1.807) is 0 Å². The van der Waals surface area contributed by atoms with E-state index in [0.717, 1.165) is 0 Å². The zero-order valence-corrected chi connectivity index (χ0v) is 22.8. The van der Waals surface area contributed by atoms with Gasteiger partial charge in [0.05, 0.1) is 0 Å². The lowest BCUT2D eigenvalue weighted by Gasteiger charge is -2.10. The summed E-state index contributed by atoms with van der Waals surface area (Å²) in [5, 5.41) is 23.0. The quantitative estimate of drug-likeness (QED) is 0.172. The van der Waals surface area contributed by atoms with Crippen molar-refractivity contribution >= 4 is 97.0 Å². The molecule has 0 N–H and O–H groups in total. The lowest BCUT2D eigenvalue weighted by atomic mass is 9.94. The summed E-state index contributed by atoms with van der Waals surface area (Å²) in [7, 11) is 0. The smallest absolute Gasteiger partial charge is 0.0171 e. The van der Waals surface area contributed by atoms with Gasteiger partial charge in [0.2, 0.25) is 0 Å². The van der Waals surface area contributed by atoms with Gasteiger partial charge in [-0.3, -0.25) is 0 Å². The molecule has 0 fully saturated rings. The van der Waals surface area contributed by atoms with Crippen LogP contribution in [0.1, 0.15) is 0 Å². The average Bonchev–Trinajstić information content (AvgIpc) is 3.00. The number of hydrogen-bond donors (Lipinski definition) is 0. The second kappa shape index (κ2) is 8.06. The maximum Gasteiger partial charge on any atom is -0.0171 e. The largest absolute Gasteiger partial charge is 0.0616 e. The van der Waals surface area contributed by atoms with E-state index in [1.807, 2.05) is 6.07 Å². The second-order valence-corrected chi connectivity index (χ2v) is 11.9. The Labute approximate surface area is 242 Å². The molecule has 0 saturated carbocycles. The molecule has 0 atom stereocenters. The summed E-state index contributed by atoms with van der Waals surface area (Å²) in [5.74, 6) is 0. The van der Waals surface area contributed by atoms with Crippen LogP contribution in [-0.4, -0.2) is 0 Å². The molecule has 0 spiro atoms. The summed E-state index contributed by atoms with van der Waals surface area (Å²) in [5.41, 5.74) is 0. The fraction of sp³-hybridized carbons (Fsp3) is 0. The SMILES string of the molecule is [c]1ccc2cc3cc4cc5cc6cc7cc8cc9cc%10ccccc%10cc9cc8cc7cc6cc5cc4cc3cc2c1. The molecule has 10 aromatic carbocycles. The molecule has 0 saturated heterocycles. The molecular weight excluding hydrogens is 504 g/mol. The number of hydrogen-bond acceptors (Lipinski definition) is 0. The van der Waals surface area contributed by atoms with Crippen LogP contribution >= 0.6 is 0 Å². The Hall–Kier alpha value is -5.46. The minimum absolute atomic E-state index is 1.23. The summed E-state index contributed by atoms with van der Waals surface area (Å²) in [6, 6.07) is 55.5. The van der Waals surface area contributed by atoms with Crippen molar-refractivity contribution in [1.29, 1.82) is 0 Å². The highest BCUT2D eigenvalue weighted by Gasteiger charge is 2.08. The van der Waals surface area contributed by atoms with Gasteiger partial charge in [0, 0.05) is 0 Å². The fourth-order valence-electron chi connectivity index (χ4n) is 7.08. The van der Waals surface area contributed by atoms with E-state index < -0.39 is 0 Å². The molecule has 0 nitrogen and oxygen atoms in total. The Morgan fingerprint density at radius 3 is 0.786 bits per heavy atom. The number of fused-ring (bicyclic) bond motifs is 9. The third-order valence-corrected chi connectivity index (χ3v) is 9.24. The predicted molar refractivity (Wildman–Crippen MR) is 183 cm³/mol. The lowest BCUT2D eigenvalue weighted by molar-refractivity contribution is 1.77. The van der Waals surface area contributed by atoms with Crippen molar-refractivity contribution in [3.8, 4) is 0 Å². The first-order chi connectivity index (χ1) is 20.7. The van der Waals surface area contributed by atoms with Crippen molar-refractivity contribution in [3.05, 3.63) is 146 Å². The van der Waals surface area contributed by atoms with Crippen molar-refractivity contribution in [2.45, 2.75) is 0 Å². The third kappa shape index (κ3) is 3.30. The monoisotopic (exact) mass is 527 g/mol. The summed E-state index contributed by atoms with van der Waals surface area (Å²) in [6.45, 7) is 0. The van der Waals surface area contributed by atoms with Gasteiger partial charge in [-0.15, -0.1) is 0 Å². The maximum atomic E-state index is 3.21. The van der Waals surface area contributed by atoms with Crippen molar-refractivity contribution in [2.75, 3.05) is 0 Å². The van der Waals surface area contributed by atoms with E-state index >= 15 is 0 Å². The Balaban J connectivity index is 1.18. The number of benzene rings is 10. The van der Waals surface area contributed by atoms with Crippen LogP contribution < -0.4 is 0 Å². The molecule has 10 aromatic rings. The van der Waals surface area contributed by atoms with Gasteiger partial charge in [-0.25, -0.2) is 0 Å². The highest BCUT2D eigenvalue weighted by Crippen LogP contribution is 2.35. The standard InChI is InChI=1S/C42H23/c1-2-6-26-10-30-14-34-18-38-22-42-24-40-20-36-16-32-12-28-8-4-3-7-27(28)11-31(32)15-35(36)19-39(40)23-41(42)21-37(38)17-33(34)13-29(30)9-25(26)5-1/h1-3,5-24H. The van der Waals surface area contributed by atoms with Gasteiger partial charge in [0.15, 0.2) is 0 Å². The normalized spacial score (nSPS) is 12.3. The van der Waals surface area contributed by atoms with Gasteiger partial charge >= 0.3 is 0 Å². The predicted octanol–water partition coefficient (Wildman–Crippen LogP) is 11.9. The zero-order valence-electron chi connectivity index (χ0n) is 22.8. The Morgan fingerprint density at radius 2 is 0.476 bits per heavy atom. The molecule has 1 radical (unpaired) electrons. The van der Waals surface area contributed by atoms with E-state index in [-0.39, 0.29) is 0 Å². The molecule has 0 amide bonds. The van der Waals surface area contributed by atoms with E-state index in [1.165, 1.54) is 97.0 Å². The molecule has 0 heteroatoms. The lowest BCUT2D eigenvalue weighted by Crippen LogP contribution is -1.83. The van der Waals surface area contributed by atoms with E-state index in [0.29, 0.717) is 0 Å². The molecular formula is C42H23. The van der Waals surface area contributed by atoms with Crippen molar-refractivity contribution in [1.82, 2.24) is 0 Å². The Bertz CT molecular complexity index is 2400. The minimum atomic E-state index is 1.23. The van der Waals surface area contributed by atoms with E-state index in [9.17, 15) is 0 Å². The minimum Gasteiger partial charge on any atom is -0.0616 e. The summed E-state index contributed by atoms with van der Waals surface area (Å²) in [4.78, 5) is 0. The highest BCUT2D eigenvalue weighted by atomic mass is 14.1. The topological polar surface area (TPSA) is 0 Å². The van der Waals surface area contributed by atoms with Crippen molar-refractivity contribution in [3.63, 3.8) is 0 Å². The molecule has 191 valence electrons. The van der Waals surface area contributed by atoms with Gasteiger partial charge in [-0.05, 0) is 206 Å². The van der Waals surface area contributed by atoms with Crippen LogP contribution in [0.3, 0.4) is 0 Å². The first-order valence-corrected chi connectivity index (χ1v) is 14.6. The van der Waals surface area contributed by atoms with Crippen LogP contribution in [-0.2, 0) is 0 Å². The molecule has 42 heavy (non-hydrogen) atoms. The molecule has 10 rings (SSSR count).